The van der Waals surface area contributed by atoms with Crippen LogP contribution in [0.1, 0.15) is 92.4 Å². The average Bonchev–Trinajstić information content (AvgIpc) is 1.71. The normalized spacial score (nSPS) is 55.0. The van der Waals surface area contributed by atoms with Gasteiger partial charge in [-0.1, -0.05) is 39.3 Å². The Balaban J connectivity index is 0.871. The molecule has 0 aromatic rings. The van der Waals surface area contributed by atoms with Crippen molar-refractivity contribution in [3.8, 4) is 0 Å². The minimum absolute atomic E-state index is 0.0389. The molecular formula is C56H92O27. The summed E-state index contributed by atoms with van der Waals surface area (Å²) in [5.74, 6) is 0.0383. The van der Waals surface area contributed by atoms with E-state index in [2.05, 4.69) is 26.8 Å². The SMILES string of the molecule is CC(CO)CCC1(O)O[C@H]2C[C@H]3[C@@H]4CC=C5C[C@@H](O[C@@H]6O[C@H](CO)[C@@H](O[C@@H]7O[C@H](CO)[C@@H](O)[C@H](O[C@@H]8OC[C@H](O)[C@@H](O)[C@@H]8O)[C@H]7O)[C@H](O)[C@H]6O[C@@H]6O[C@H](C)[C@@H](OC7O[C@H](CO)[C@@H](O)[C@H](O)[C@H]7O)[C@H](O)[C@@H]6O)CC[C@]5(C)[C@H]4CC[C@]3(C)[C@H]2[C@@H]1C. The second-order valence-electron chi connectivity index (χ2n) is 26.1. The predicted octanol–water partition coefficient (Wildman–Crippen LogP) is -4.54. The predicted molar refractivity (Wildman–Crippen MR) is 277 cm³/mol. The molecule has 9 fully saturated rings. The number of allylic oxidation sites excluding steroid dienone is 1. The van der Waals surface area contributed by atoms with E-state index < -0.39 is 186 Å². The van der Waals surface area contributed by atoms with Crippen LogP contribution in [0.3, 0.4) is 0 Å². The Morgan fingerprint density at radius 3 is 1.88 bits per heavy atom. The maximum atomic E-state index is 12.5. The summed E-state index contributed by atoms with van der Waals surface area (Å²) >= 11 is 0. The van der Waals surface area contributed by atoms with Gasteiger partial charge in [-0.15, -0.1) is 0 Å². The zero-order chi connectivity index (χ0) is 59.9. The first-order valence-corrected chi connectivity index (χ1v) is 29.8. The maximum Gasteiger partial charge on any atom is 0.187 e. The molecule has 6 saturated heterocycles. The zero-order valence-corrected chi connectivity index (χ0v) is 47.6. The lowest BCUT2D eigenvalue weighted by Gasteiger charge is -2.58. The number of aliphatic hydroxyl groups is 16. The van der Waals surface area contributed by atoms with E-state index in [0.717, 1.165) is 32.1 Å². The molecule has 6 aliphatic heterocycles. The molecule has 0 aromatic heterocycles. The Hall–Kier alpha value is -1.34. The molecule has 6 heterocycles. The highest BCUT2D eigenvalue weighted by Gasteiger charge is 2.68. The van der Waals surface area contributed by atoms with E-state index in [1.54, 1.807) is 0 Å². The summed E-state index contributed by atoms with van der Waals surface area (Å²) in [7, 11) is 0. The topological polar surface area (TPSA) is 425 Å². The van der Waals surface area contributed by atoms with Crippen LogP contribution in [0, 0.1) is 46.3 Å². The molecule has 3 saturated carbocycles. The summed E-state index contributed by atoms with van der Waals surface area (Å²) in [5, 5.41) is 174. The van der Waals surface area contributed by atoms with E-state index in [1.165, 1.54) is 12.5 Å². The molecule has 4 aliphatic carbocycles. The van der Waals surface area contributed by atoms with Crippen molar-refractivity contribution in [1.29, 1.82) is 0 Å². The van der Waals surface area contributed by atoms with Crippen molar-refractivity contribution in [2.45, 2.75) is 258 Å². The first-order valence-electron chi connectivity index (χ1n) is 29.8. The molecule has 10 aliphatic rings. The molecule has 27 nitrogen and oxygen atoms in total. The van der Waals surface area contributed by atoms with Crippen LogP contribution >= 0.6 is 0 Å². The molecule has 478 valence electrons. The summed E-state index contributed by atoms with van der Waals surface area (Å²) in [6.45, 7) is 7.30. The van der Waals surface area contributed by atoms with Crippen LogP contribution in [0.5, 0.6) is 0 Å². The minimum atomic E-state index is -2.01. The van der Waals surface area contributed by atoms with Crippen molar-refractivity contribution in [2.24, 2.45) is 46.3 Å². The fraction of sp³-hybridized carbons (Fsp3) is 0.964. The Morgan fingerprint density at radius 2 is 1.19 bits per heavy atom. The monoisotopic (exact) mass is 1200 g/mol. The first-order chi connectivity index (χ1) is 39.3. The van der Waals surface area contributed by atoms with Crippen molar-refractivity contribution in [2.75, 3.05) is 33.0 Å². The van der Waals surface area contributed by atoms with Gasteiger partial charge in [-0.05, 0) is 98.7 Å². The fourth-order valence-corrected chi connectivity index (χ4v) is 16.3. The largest absolute Gasteiger partial charge is 0.396 e. The third-order valence-electron chi connectivity index (χ3n) is 21.2. The molecule has 0 bridgehead atoms. The summed E-state index contributed by atoms with van der Waals surface area (Å²) in [4.78, 5) is 0. The fourth-order valence-electron chi connectivity index (χ4n) is 16.3. The van der Waals surface area contributed by atoms with Gasteiger partial charge in [-0.2, -0.15) is 0 Å². The van der Waals surface area contributed by atoms with Crippen molar-refractivity contribution in [3.63, 3.8) is 0 Å². The molecule has 16 N–H and O–H groups in total. The first kappa shape index (κ1) is 64.6. The number of ether oxygens (including phenoxy) is 11. The van der Waals surface area contributed by atoms with E-state index in [0.29, 0.717) is 43.4 Å². The standard InChI is InChI=1S/C56H92O27/c1-21(16-57)8-13-56(72)22(2)34-30(83-56)15-28-26-7-6-24-14-25(9-11-54(24,4)27(26)10-12-55(28,34)5)75-53-48(82-50-42(69)39(66)45(23(3)74-50)79-51-41(68)38(65)36(63)31(17-58)76-51)43(70)46(33(19-60)78-53)80-52-44(71)47(37(64)32(18-59)77-52)81-49-40(67)35(62)29(61)20-73-49/h6,21-23,25-53,57-72H,7-20H2,1-5H3/t21?,22-,23+,25-,26+,27-,28-,29-,30-,31+,32+,33+,34-,35+,36+,37+,38-,39+,40-,41+,42-,43-,44+,45+,46+,47-,48+,49-,50-,51?,52-,53+,54-,55-,56?/m0/s1. The van der Waals surface area contributed by atoms with Crippen LogP contribution in [0.15, 0.2) is 11.6 Å². The Labute approximate surface area is 481 Å². The highest BCUT2D eigenvalue weighted by atomic mass is 16.8. The van der Waals surface area contributed by atoms with Gasteiger partial charge in [-0.25, -0.2) is 0 Å². The Kier molecular flexibility index (Phi) is 19.9. The van der Waals surface area contributed by atoms with Gasteiger partial charge >= 0.3 is 0 Å². The minimum Gasteiger partial charge on any atom is -0.396 e. The second kappa shape index (κ2) is 25.5. The van der Waals surface area contributed by atoms with Crippen LogP contribution in [0.2, 0.25) is 0 Å². The van der Waals surface area contributed by atoms with Gasteiger partial charge in [-0.3, -0.25) is 0 Å². The molecular weight excluding hydrogens is 1100 g/mol. The van der Waals surface area contributed by atoms with E-state index in [-0.39, 0.29) is 41.3 Å². The van der Waals surface area contributed by atoms with Crippen LogP contribution in [0.25, 0.3) is 0 Å². The highest BCUT2D eigenvalue weighted by Crippen LogP contribution is 2.70. The van der Waals surface area contributed by atoms with Crippen LogP contribution in [-0.4, -0.2) is 280 Å². The van der Waals surface area contributed by atoms with Gasteiger partial charge in [0.15, 0.2) is 37.2 Å². The molecule has 0 amide bonds. The number of hydrogen-bond acceptors (Lipinski definition) is 27. The third kappa shape index (κ3) is 11.8. The van der Waals surface area contributed by atoms with Gasteiger partial charge in [0.05, 0.1) is 44.7 Å². The Bertz CT molecular complexity index is 2180. The van der Waals surface area contributed by atoms with E-state index in [1.807, 2.05) is 6.92 Å². The third-order valence-corrected chi connectivity index (χ3v) is 21.2. The van der Waals surface area contributed by atoms with Crippen molar-refractivity contribution in [1.82, 2.24) is 0 Å². The molecule has 10 rings (SSSR count). The number of rotatable bonds is 17. The lowest BCUT2D eigenvalue weighted by atomic mass is 9.47. The van der Waals surface area contributed by atoms with Crippen LogP contribution < -0.4 is 0 Å². The van der Waals surface area contributed by atoms with E-state index in [9.17, 15) is 81.7 Å². The van der Waals surface area contributed by atoms with Crippen molar-refractivity contribution in [3.05, 3.63) is 11.6 Å². The average molecular weight is 1200 g/mol. The summed E-state index contributed by atoms with van der Waals surface area (Å²) in [6, 6.07) is 0. The number of aliphatic hydroxyl groups excluding tert-OH is 15. The quantitative estimate of drug-likeness (QED) is 0.0610. The molecule has 0 spiro atoms. The zero-order valence-electron chi connectivity index (χ0n) is 47.6. The van der Waals surface area contributed by atoms with Gasteiger partial charge < -0.3 is 134 Å². The van der Waals surface area contributed by atoms with Crippen LogP contribution in [-0.2, 0) is 52.1 Å². The van der Waals surface area contributed by atoms with Gasteiger partial charge in [0.25, 0.3) is 0 Å². The van der Waals surface area contributed by atoms with E-state index >= 15 is 0 Å². The smallest absolute Gasteiger partial charge is 0.187 e. The molecule has 35 atom stereocenters. The van der Waals surface area contributed by atoms with Gasteiger partial charge in [0, 0.05) is 18.9 Å². The van der Waals surface area contributed by atoms with E-state index in [4.69, 9.17) is 52.1 Å². The highest BCUT2D eigenvalue weighted by molar-refractivity contribution is 5.26. The second-order valence-corrected chi connectivity index (χ2v) is 26.1. The maximum absolute atomic E-state index is 12.5. The lowest BCUT2D eigenvalue weighted by molar-refractivity contribution is -0.400. The molecule has 0 aromatic carbocycles. The molecule has 3 unspecified atom stereocenters. The number of fused-ring (bicyclic) bond motifs is 7. The summed E-state index contributed by atoms with van der Waals surface area (Å²) in [6.07, 6.45) is -33.0. The Morgan fingerprint density at radius 1 is 0.590 bits per heavy atom. The molecule has 0 radical (unpaired) electrons. The van der Waals surface area contributed by atoms with Crippen LogP contribution in [0.4, 0.5) is 0 Å². The lowest BCUT2D eigenvalue weighted by Crippen LogP contribution is -2.68. The molecule has 83 heavy (non-hydrogen) atoms. The number of hydrogen-bond donors (Lipinski definition) is 16. The van der Waals surface area contributed by atoms with Gasteiger partial charge in [0.1, 0.15) is 110 Å². The molecule has 27 heteroatoms. The summed E-state index contributed by atoms with van der Waals surface area (Å²) in [5.41, 5.74) is 0.965. The summed E-state index contributed by atoms with van der Waals surface area (Å²) < 4.78 is 66.6. The van der Waals surface area contributed by atoms with Crippen molar-refractivity contribution < 1.29 is 134 Å². The van der Waals surface area contributed by atoms with Gasteiger partial charge in [0.2, 0.25) is 0 Å². The van der Waals surface area contributed by atoms with Crippen molar-refractivity contribution >= 4 is 0 Å².